The number of nitrogens with zero attached hydrogens (tertiary/aromatic N) is 4. The minimum Gasteiger partial charge on any atom is -0.325 e. The summed E-state index contributed by atoms with van der Waals surface area (Å²) in [7, 11) is 0. The van der Waals surface area contributed by atoms with Crippen molar-refractivity contribution in [2.24, 2.45) is 5.73 Å². The summed E-state index contributed by atoms with van der Waals surface area (Å²) in [5.41, 5.74) is 7.54. The summed E-state index contributed by atoms with van der Waals surface area (Å²) in [6.07, 6.45) is 3.39. The summed E-state index contributed by atoms with van der Waals surface area (Å²) in [4.78, 5) is 16.5. The van der Waals surface area contributed by atoms with Gasteiger partial charge in [0.2, 0.25) is 0 Å². The molecule has 0 saturated heterocycles. The molecule has 3 rings (SSSR count). The maximum atomic E-state index is 12.2. The van der Waals surface area contributed by atoms with Gasteiger partial charge in [-0.25, -0.2) is 4.68 Å². The zero-order valence-corrected chi connectivity index (χ0v) is 10.7. The van der Waals surface area contributed by atoms with Crippen LogP contribution in [0.15, 0.2) is 42.7 Å². The Labute approximate surface area is 115 Å². The van der Waals surface area contributed by atoms with Gasteiger partial charge >= 0.3 is 0 Å². The lowest BCUT2D eigenvalue weighted by atomic mass is 10.1. The van der Waals surface area contributed by atoms with E-state index in [1.807, 2.05) is 18.2 Å². The van der Waals surface area contributed by atoms with Crippen LogP contribution >= 0.6 is 0 Å². The molecule has 0 aliphatic carbocycles. The molecule has 0 fully saturated rings. The Morgan fingerprint density at radius 1 is 1.30 bits per heavy atom. The van der Waals surface area contributed by atoms with Crippen LogP contribution in [-0.4, -0.2) is 25.8 Å². The number of pyridine rings is 1. The summed E-state index contributed by atoms with van der Waals surface area (Å²) in [6.45, 7) is 0.458. The number of hydrogen-bond acceptors (Lipinski definition) is 5. The molecule has 6 nitrogen and oxygen atoms in total. The molecule has 0 aliphatic rings. The van der Waals surface area contributed by atoms with Gasteiger partial charge in [0, 0.05) is 23.7 Å². The third-order valence-electron chi connectivity index (χ3n) is 3.03. The first-order valence-corrected chi connectivity index (χ1v) is 6.23. The van der Waals surface area contributed by atoms with E-state index >= 15 is 0 Å². The van der Waals surface area contributed by atoms with E-state index < -0.39 is 0 Å². The first-order chi connectivity index (χ1) is 9.76. The number of carbonyl (C=O) groups is 1. The summed E-state index contributed by atoms with van der Waals surface area (Å²) < 4.78 is 1.49. The van der Waals surface area contributed by atoms with E-state index in [0.717, 1.165) is 10.9 Å². The number of aromatic nitrogens is 4. The van der Waals surface area contributed by atoms with Crippen molar-refractivity contribution in [2.75, 3.05) is 0 Å². The van der Waals surface area contributed by atoms with Crippen molar-refractivity contribution in [3.8, 4) is 0 Å². The SMILES string of the molecule is NCc1cn(CC(=O)c2ccc3cccnc3c2)nn1. The van der Waals surface area contributed by atoms with Gasteiger partial charge in [-0.2, -0.15) is 0 Å². The summed E-state index contributed by atoms with van der Waals surface area (Å²) in [6, 6.07) is 9.31. The van der Waals surface area contributed by atoms with Gasteiger partial charge in [-0.05, 0) is 12.1 Å². The summed E-state index contributed by atoms with van der Waals surface area (Å²) >= 11 is 0. The van der Waals surface area contributed by atoms with Crippen LogP contribution in [0.3, 0.4) is 0 Å². The lowest BCUT2D eigenvalue weighted by molar-refractivity contribution is 0.0967. The zero-order chi connectivity index (χ0) is 13.9. The molecule has 20 heavy (non-hydrogen) atoms. The minimum atomic E-state index is -0.0361. The highest BCUT2D eigenvalue weighted by molar-refractivity contribution is 5.99. The van der Waals surface area contributed by atoms with Crippen LogP contribution in [0, 0.1) is 0 Å². The summed E-state index contributed by atoms with van der Waals surface area (Å²) in [5.74, 6) is -0.0361. The van der Waals surface area contributed by atoms with E-state index in [0.29, 0.717) is 17.8 Å². The molecule has 0 saturated carbocycles. The fourth-order valence-electron chi connectivity index (χ4n) is 1.99. The van der Waals surface area contributed by atoms with Crippen molar-refractivity contribution >= 4 is 16.7 Å². The highest BCUT2D eigenvalue weighted by atomic mass is 16.1. The topological polar surface area (TPSA) is 86.7 Å². The van der Waals surface area contributed by atoms with Gasteiger partial charge in [0.1, 0.15) is 6.54 Å². The van der Waals surface area contributed by atoms with Crippen molar-refractivity contribution < 1.29 is 4.79 Å². The Bertz CT molecular complexity index is 765. The third kappa shape index (κ3) is 2.41. The normalized spacial score (nSPS) is 10.8. The number of carbonyl (C=O) groups excluding carboxylic acids is 1. The smallest absolute Gasteiger partial charge is 0.184 e. The van der Waals surface area contributed by atoms with E-state index in [1.54, 1.807) is 24.5 Å². The zero-order valence-electron chi connectivity index (χ0n) is 10.7. The van der Waals surface area contributed by atoms with E-state index in [4.69, 9.17) is 5.73 Å². The van der Waals surface area contributed by atoms with Gasteiger partial charge in [0.05, 0.1) is 17.4 Å². The number of hydrogen-bond donors (Lipinski definition) is 1. The van der Waals surface area contributed by atoms with Crippen LogP contribution in [0.2, 0.25) is 0 Å². The Morgan fingerprint density at radius 3 is 3.00 bits per heavy atom. The summed E-state index contributed by atoms with van der Waals surface area (Å²) in [5, 5.41) is 8.73. The largest absolute Gasteiger partial charge is 0.325 e. The Balaban J connectivity index is 1.84. The molecule has 3 aromatic rings. The maximum Gasteiger partial charge on any atom is 0.184 e. The molecular weight excluding hydrogens is 254 g/mol. The van der Waals surface area contributed by atoms with Gasteiger partial charge < -0.3 is 5.73 Å². The molecule has 0 atom stereocenters. The van der Waals surface area contributed by atoms with Crippen molar-refractivity contribution in [1.82, 2.24) is 20.0 Å². The third-order valence-corrected chi connectivity index (χ3v) is 3.03. The van der Waals surface area contributed by atoms with Crippen molar-refractivity contribution in [2.45, 2.75) is 13.1 Å². The quantitative estimate of drug-likeness (QED) is 0.717. The van der Waals surface area contributed by atoms with Gasteiger partial charge in [-0.1, -0.05) is 23.4 Å². The van der Waals surface area contributed by atoms with E-state index in [-0.39, 0.29) is 12.3 Å². The molecule has 0 aliphatic heterocycles. The van der Waals surface area contributed by atoms with Gasteiger partial charge in [0.15, 0.2) is 5.78 Å². The molecule has 0 radical (unpaired) electrons. The standard InChI is InChI=1S/C14H13N5O/c15-7-12-8-19(18-17-12)9-14(20)11-4-3-10-2-1-5-16-13(10)6-11/h1-6,8H,7,9,15H2. The second-order valence-corrected chi connectivity index (χ2v) is 4.45. The van der Waals surface area contributed by atoms with Gasteiger partial charge in [0.25, 0.3) is 0 Å². The van der Waals surface area contributed by atoms with E-state index in [2.05, 4.69) is 15.3 Å². The molecule has 100 valence electrons. The van der Waals surface area contributed by atoms with Crippen LogP contribution in [0.1, 0.15) is 16.1 Å². The molecule has 2 heterocycles. The molecular formula is C14H13N5O. The Morgan fingerprint density at radius 2 is 2.20 bits per heavy atom. The maximum absolute atomic E-state index is 12.2. The molecule has 6 heteroatoms. The lowest BCUT2D eigenvalue weighted by Gasteiger charge is -2.02. The molecule has 0 bridgehead atoms. The first-order valence-electron chi connectivity index (χ1n) is 6.23. The lowest BCUT2D eigenvalue weighted by Crippen LogP contribution is -2.11. The fraction of sp³-hybridized carbons (Fsp3) is 0.143. The van der Waals surface area contributed by atoms with E-state index in [9.17, 15) is 4.79 Å². The van der Waals surface area contributed by atoms with Crippen LogP contribution in [-0.2, 0) is 13.1 Å². The van der Waals surface area contributed by atoms with Crippen LogP contribution < -0.4 is 5.73 Å². The fourth-order valence-corrected chi connectivity index (χ4v) is 1.99. The number of nitrogens with two attached hydrogens (primary N) is 1. The van der Waals surface area contributed by atoms with Crippen LogP contribution in [0.5, 0.6) is 0 Å². The van der Waals surface area contributed by atoms with Crippen LogP contribution in [0.4, 0.5) is 0 Å². The molecule has 0 unspecified atom stereocenters. The number of Topliss-reactive ketones (excluding diaryl/α,β-unsaturated/α-hetero) is 1. The Kier molecular flexibility index (Phi) is 3.22. The van der Waals surface area contributed by atoms with Crippen LogP contribution in [0.25, 0.3) is 10.9 Å². The molecule has 0 spiro atoms. The highest BCUT2D eigenvalue weighted by Gasteiger charge is 2.09. The highest BCUT2D eigenvalue weighted by Crippen LogP contribution is 2.14. The van der Waals surface area contributed by atoms with Crippen molar-refractivity contribution in [3.05, 3.63) is 54.0 Å². The molecule has 0 amide bonds. The number of benzene rings is 1. The average molecular weight is 267 g/mol. The van der Waals surface area contributed by atoms with Gasteiger partial charge in [-0.3, -0.25) is 9.78 Å². The predicted molar refractivity (Wildman–Crippen MR) is 74.0 cm³/mol. The number of fused-ring (bicyclic) bond motifs is 1. The van der Waals surface area contributed by atoms with Gasteiger partial charge in [-0.15, -0.1) is 5.10 Å². The van der Waals surface area contributed by atoms with Crippen molar-refractivity contribution in [1.29, 1.82) is 0 Å². The van der Waals surface area contributed by atoms with E-state index in [1.165, 1.54) is 4.68 Å². The monoisotopic (exact) mass is 267 g/mol. The number of ketones is 1. The first kappa shape index (κ1) is 12.4. The molecule has 2 N–H and O–H groups in total. The molecule has 1 aromatic carbocycles. The average Bonchev–Trinajstić information content (AvgIpc) is 2.94. The molecule has 2 aromatic heterocycles. The second-order valence-electron chi connectivity index (χ2n) is 4.45. The number of rotatable bonds is 4. The Hall–Kier alpha value is -2.60. The van der Waals surface area contributed by atoms with Crippen molar-refractivity contribution in [3.63, 3.8) is 0 Å². The predicted octanol–water partition coefficient (Wildman–Crippen LogP) is 1.17. The minimum absolute atomic E-state index is 0.0361. The second kappa shape index (κ2) is 5.18.